The molecule has 2 rings (SSSR count). The van der Waals surface area contributed by atoms with Crippen molar-refractivity contribution in [2.24, 2.45) is 0 Å². The second-order valence-corrected chi connectivity index (χ2v) is 4.43. The molecule has 1 aromatic heterocycles. The lowest BCUT2D eigenvalue weighted by atomic mass is 9.99. The van der Waals surface area contributed by atoms with Crippen molar-refractivity contribution in [3.05, 3.63) is 35.5 Å². The Morgan fingerprint density at radius 1 is 1.18 bits per heavy atom. The molecular weight excluding hydrogens is 208 g/mol. The molecule has 2 heteroatoms. The maximum absolute atomic E-state index is 3.58. The zero-order valence-corrected chi connectivity index (χ0v) is 11.0. The number of hydrogen-bond acceptors (Lipinski definition) is 1. The molecule has 0 fully saturated rings. The first-order chi connectivity index (χ1) is 8.31. The number of H-pyrrole nitrogens is 1. The lowest BCUT2D eigenvalue weighted by Gasteiger charge is -2.17. The van der Waals surface area contributed by atoms with Crippen LogP contribution in [-0.2, 0) is 6.42 Å². The van der Waals surface area contributed by atoms with Gasteiger partial charge in [0, 0.05) is 22.6 Å². The van der Waals surface area contributed by atoms with Crippen molar-refractivity contribution in [1.29, 1.82) is 0 Å². The second-order valence-electron chi connectivity index (χ2n) is 4.43. The van der Waals surface area contributed by atoms with Crippen LogP contribution in [0.2, 0.25) is 0 Å². The summed E-state index contributed by atoms with van der Waals surface area (Å²) in [6, 6.07) is 9.07. The van der Waals surface area contributed by atoms with Crippen molar-refractivity contribution in [2.75, 3.05) is 6.54 Å². The molecule has 0 spiro atoms. The number of rotatable bonds is 5. The van der Waals surface area contributed by atoms with Crippen molar-refractivity contribution in [3.8, 4) is 0 Å². The largest absolute Gasteiger partial charge is 0.358 e. The van der Waals surface area contributed by atoms with Crippen LogP contribution >= 0.6 is 0 Å². The van der Waals surface area contributed by atoms with Crippen LogP contribution in [0.4, 0.5) is 0 Å². The Bertz CT molecular complexity index is 485. The molecule has 0 amide bonds. The van der Waals surface area contributed by atoms with E-state index in [1.165, 1.54) is 22.2 Å². The van der Waals surface area contributed by atoms with Crippen LogP contribution in [-0.4, -0.2) is 11.5 Å². The van der Waals surface area contributed by atoms with Crippen molar-refractivity contribution >= 4 is 10.9 Å². The molecular formula is C15H22N2. The van der Waals surface area contributed by atoms with E-state index in [2.05, 4.69) is 55.3 Å². The van der Waals surface area contributed by atoms with Gasteiger partial charge in [-0.3, -0.25) is 0 Å². The second kappa shape index (κ2) is 5.37. The Labute approximate surface area is 103 Å². The molecule has 0 bridgehead atoms. The Morgan fingerprint density at radius 2 is 1.94 bits per heavy atom. The smallest absolute Gasteiger partial charge is 0.0459 e. The number of aryl methyl sites for hydroxylation is 1. The zero-order valence-electron chi connectivity index (χ0n) is 11.0. The van der Waals surface area contributed by atoms with Gasteiger partial charge in [0.25, 0.3) is 0 Å². The van der Waals surface area contributed by atoms with Gasteiger partial charge in [-0.15, -0.1) is 0 Å². The highest BCUT2D eigenvalue weighted by Gasteiger charge is 2.17. The van der Waals surface area contributed by atoms with Crippen LogP contribution in [0.25, 0.3) is 10.9 Å². The molecule has 1 heterocycles. The highest BCUT2D eigenvalue weighted by atomic mass is 14.9. The summed E-state index contributed by atoms with van der Waals surface area (Å²) in [7, 11) is 0. The van der Waals surface area contributed by atoms with Crippen LogP contribution < -0.4 is 5.32 Å². The summed E-state index contributed by atoms with van der Waals surface area (Å²) in [5.74, 6) is 0. The topological polar surface area (TPSA) is 27.8 Å². The third kappa shape index (κ3) is 2.22. The lowest BCUT2D eigenvalue weighted by Crippen LogP contribution is -2.20. The fraction of sp³-hybridized carbons (Fsp3) is 0.467. The molecule has 0 aliphatic rings. The molecule has 17 heavy (non-hydrogen) atoms. The minimum atomic E-state index is 0.464. The van der Waals surface area contributed by atoms with Crippen LogP contribution in [0.1, 0.15) is 44.5 Å². The Morgan fingerprint density at radius 3 is 2.59 bits per heavy atom. The molecule has 1 unspecified atom stereocenters. The average Bonchev–Trinajstić information content (AvgIpc) is 2.74. The zero-order chi connectivity index (χ0) is 12.3. The first kappa shape index (κ1) is 12.2. The van der Waals surface area contributed by atoms with Gasteiger partial charge in [-0.05, 0) is 31.0 Å². The molecule has 2 N–H and O–H groups in total. The number of aromatic amines is 1. The van der Waals surface area contributed by atoms with Crippen LogP contribution in [0.5, 0.6) is 0 Å². The summed E-state index contributed by atoms with van der Waals surface area (Å²) in [6.45, 7) is 7.64. The maximum atomic E-state index is 3.58. The molecule has 0 saturated heterocycles. The first-order valence-corrected chi connectivity index (χ1v) is 6.64. The van der Waals surface area contributed by atoms with Crippen molar-refractivity contribution in [3.63, 3.8) is 0 Å². The van der Waals surface area contributed by atoms with Crippen molar-refractivity contribution < 1.29 is 0 Å². The van der Waals surface area contributed by atoms with Gasteiger partial charge in [0.2, 0.25) is 0 Å². The van der Waals surface area contributed by atoms with Gasteiger partial charge in [0.05, 0.1) is 0 Å². The molecule has 92 valence electrons. The minimum absolute atomic E-state index is 0.464. The van der Waals surface area contributed by atoms with Gasteiger partial charge in [0.15, 0.2) is 0 Å². The van der Waals surface area contributed by atoms with Crippen LogP contribution in [0, 0.1) is 0 Å². The molecule has 1 atom stereocenters. The van der Waals surface area contributed by atoms with Crippen LogP contribution in [0.3, 0.4) is 0 Å². The Kier molecular flexibility index (Phi) is 3.85. The maximum Gasteiger partial charge on any atom is 0.0459 e. The Balaban J connectivity index is 2.55. The minimum Gasteiger partial charge on any atom is -0.358 e. The van der Waals surface area contributed by atoms with E-state index in [9.17, 15) is 0 Å². The highest BCUT2D eigenvalue weighted by molar-refractivity contribution is 5.85. The number of hydrogen-bond donors (Lipinski definition) is 2. The standard InChI is InChI=1S/C15H22N2/c1-4-12(16-6-3)15-11-9-7-8-10-14(11)17-13(15)5-2/h7-10,12,16-17H,4-6H2,1-3H3. The fourth-order valence-corrected chi connectivity index (χ4v) is 2.59. The van der Waals surface area contributed by atoms with E-state index in [1.54, 1.807) is 0 Å². The monoisotopic (exact) mass is 230 g/mol. The molecule has 2 aromatic rings. The highest BCUT2D eigenvalue weighted by Crippen LogP contribution is 2.30. The van der Waals surface area contributed by atoms with E-state index in [-0.39, 0.29) is 0 Å². The van der Waals surface area contributed by atoms with E-state index in [4.69, 9.17) is 0 Å². The summed E-state index contributed by atoms with van der Waals surface area (Å²) >= 11 is 0. The Hall–Kier alpha value is -1.28. The summed E-state index contributed by atoms with van der Waals surface area (Å²) in [4.78, 5) is 3.55. The number of aromatic nitrogens is 1. The predicted octanol–water partition coefficient (Wildman–Crippen LogP) is 3.79. The van der Waals surface area contributed by atoms with E-state index in [1.807, 2.05) is 0 Å². The van der Waals surface area contributed by atoms with E-state index >= 15 is 0 Å². The number of fused-ring (bicyclic) bond motifs is 1. The number of nitrogens with one attached hydrogen (secondary N) is 2. The summed E-state index contributed by atoms with van der Waals surface area (Å²) in [5.41, 5.74) is 4.10. The van der Waals surface area contributed by atoms with Gasteiger partial charge in [-0.2, -0.15) is 0 Å². The van der Waals surface area contributed by atoms with Gasteiger partial charge < -0.3 is 10.3 Å². The molecule has 1 aromatic carbocycles. The first-order valence-electron chi connectivity index (χ1n) is 6.64. The summed E-state index contributed by atoms with van der Waals surface area (Å²) < 4.78 is 0. The summed E-state index contributed by atoms with van der Waals surface area (Å²) in [6.07, 6.45) is 2.19. The van der Waals surface area contributed by atoms with Gasteiger partial charge in [-0.25, -0.2) is 0 Å². The van der Waals surface area contributed by atoms with Crippen molar-refractivity contribution in [1.82, 2.24) is 10.3 Å². The SMILES string of the molecule is CCNC(CC)c1c(CC)[nH]c2ccccc12. The number of para-hydroxylation sites is 1. The van der Waals surface area contributed by atoms with E-state index in [0.29, 0.717) is 6.04 Å². The van der Waals surface area contributed by atoms with E-state index in [0.717, 1.165) is 19.4 Å². The van der Waals surface area contributed by atoms with Crippen molar-refractivity contribution in [2.45, 2.75) is 39.7 Å². The molecule has 0 saturated carbocycles. The quantitative estimate of drug-likeness (QED) is 0.803. The third-order valence-electron chi connectivity index (χ3n) is 3.39. The predicted molar refractivity (Wildman–Crippen MR) is 74.4 cm³/mol. The fourth-order valence-electron chi connectivity index (χ4n) is 2.59. The molecule has 0 aliphatic carbocycles. The molecule has 2 nitrogen and oxygen atoms in total. The molecule has 0 radical (unpaired) electrons. The summed E-state index contributed by atoms with van der Waals surface area (Å²) in [5, 5.41) is 4.95. The van der Waals surface area contributed by atoms with Gasteiger partial charge in [-0.1, -0.05) is 39.0 Å². The van der Waals surface area contributed by atoms with Gasteiger partial charge >= 0.3 is 0 Å². The number of benzene rings is 1. The lowest BCUT2D eigenvalue weighted by molar-refractivity contribution is 0.536. The average molecular weight is 230 g/mol. The van der Waals surface area contributed by atoms with E-state index < -0.39 is 0 Å². The normalized spacial score (nSPS) is 13.1. The van der Waals surface area contributed by atoms with Crippen LogP contribution in [0.15, 0.2) is 24.3 Å². The molecule has 0 aliphatic heterocycles. The van der Waals surface area contributed by atoms with Gasteiger partial charge in [0.1, 0.15) is 0 Å². The third-order valence-corrected chi connectivity index (χ3v) is 3.39.